The molecule has 0 radical (unpaired) electrons. The fraction of sp³-hybridized carbons (Fsp3) is 0.917. The molecular formula is C12H22O2. The Hall–Kier alpha value is -0.370. The van der Waals surface area contributed by atoms with Crippen LogP contribution in [0.5, 0.6) is 0 Å². The van der Waals surface area contributed by atoms with Gasteiger partial charge in [-0.05, 0) is 26.7 Å². The van der Waals surface area contributed by atoms with Crippen molar-refractivity contribution in [2.24, 2.45) is 5.92 Å². The van der Waals surface area contributed by atoms with Gasteiger partial charge in [-0.25, -0.2) is 0 Å². The Bertz CT molecular complexity index is 169. The monoisotopic (exact) mass is 198 g/mol. The standard InChI is InChI=1S/C12H22O2/c1-10(2)14-9-8-12(13)11-6-4-3-5-7-11/h10-11H,3-9H2,1-2H3. The van der Waals surface area contributed by atoms with Crippen molar-refractivity contribution in [1.82, 2.24) is 0 Å². The van der Waals surface area contributed by atoms with Gasteiger partial charge in [0.2, 0.25) is 0 Å². The topological polar surface area (TPSA) is 26.3 Å². The molecule has 0 atom stereocenters. The smallest absolute Gasteiger partial charge is 0.138 e. The third-order valence-electron chi connectivity index (χ3n) is 2.86. The minimum absolute atomic E-state index is 0.245. The average molecular weight is 198 g/mol. The highest BCUT2D eigenvalue weighted by Crippen LogP contribution is 2.25. The highest BCUT2D eigenvalue weighted by molar-refractivity contribution is 5.81. The Morgan fingerprint density at radius 3 is 2.50 bits per heavy atom. The number of rotatable bonds is 5. The van der Waals surface area contributed by atoms with Crippen molar-refractivity contribution in [3.8, 4) is 0 Å². The van der Waals surface area contributed by atoms with Gasteiger partial charge in [-0.15, -0.1) is 0 Å². The first-order chi connectivity index (χ1) is 6.70. The molecule has 0 unspecified atom stereocenters. The quantitative estimate of drug-likeness (QED) is 0.679. The van der Waals surface area contributed by atoms with Crippen LogP contribution in [-0.4, -0.2) is 18.5 Å². The highest BCUT2D eigenvalue weighted by Gasteiger charge is 2.20. The van der Waals surface area contributed by atoms with Crippen molar-refractivity contribution in [2.75, 3.05) is 6.61 Å². The summed E-state index contributed by atoms with van der Waals surface area (Å²) in [5, 5.41) is 0. The van der Waals surface area contributed by atoms with E-state index in [2.05, 4.69) is 0 Å². The maximum atomic E-state index is 11.7. The first kappa shape index (κ1) is 11.7. The van der Waals surface area contributed by atoms with Crippen molar-refractivity contribution in [2.45, 2.75) is 58.5 Å². The lowest BCUT2D eigenvalue weighted by molar-refractivity contribution is -0.125. The first-order valence-electron chi connectivity index (χ1n) is 5.84. The molecule has 0 aromatic heterocycles. The molecule has 0 aliphatic heterocycles. The lowest BCUT2D eigenvalue weighted by Gasteiger charge is -2.20. The highest BCUT2D eigenvalue weighted by atomic mass is 16.5. The summed E-state index contributed by atoms with van der Waals surface area (Å²) in [6.45, 7) is 4.61. The summed E-state index contributed by atoms with van der Waals surface area (Å²) in [5.41, 5.74) is 0. The Morgan fingerprint density at radius 1 is 1.29 bits per heavy atom. The van der Waals surface area contributed by atoms with Crippen molar-refractivity contribution >= 4 is 5.78 Å². The largest absolute Gasteiger partial charge is 0.378 e. The van der Waals surface area contributed by atoms with Crippen molar-refractivity contribution < 1.29 is 9.53 Å². The summed E-state index contributed by atoms with van der Waals surface area (Å²) < 4.78 is 5.38. The summed E-state index contributed by atoms with van der Waals surface area (Å²) >= 11 is 0. The van der Waals surface area contributed by atoms with E-state index in [1.165, 1.54) is 19.3 Å². The van der Waals surface area contributed by atoms with E-state index in [4.69, 9.17) is 4.74 Å². The summed E-state index contributed by atoms with van der Waals surface area (Å²) in [4.78, 5) is 11.7. The summed E-state index contributed by atoms with van der Waals surface area (Å²) in [6, 6.07) is 0. The summed E-state index contributed by atoms with van der Waals surface area (Å²) in [5.74, 6) is 0.768. The van der Waals surface area contributed by atoms with E-state index in [1.54, 1.807) is 0 Å². The van der Waals surface area contributed by atoms with Gasteiger partial charge < -0.3 is 4.74 Å². The van der Waals surface area contributed by atoms with E-state index < -0.39 is 0 Å². The average Bonchev–Trinajstić information content (AvgIpc) is 2.18. The van der Waals surface area contributed by atoms with Crippen LogP contribution in [0.3, 0.4) is 0 Å². The predicted octanol–water partition coefficient (Wildman–Crippen LogP) is 2.95. The van der Waals surface area contributed by atoms with Crippen LogP contribution < -0.4 is 0 Å². The second-order valence-corrected chi connectivity index (χ2v) is 4.47. The Balaban J connectivity index is 2.13. The van der Waals surface area contributed by atoms with Crippen LogP contribution in [0.15, 0.2) is 0 Å². The van der Waals surface area contributed by atoms with Gasteiger partial charge in [-0.1, -0.05) is 19.3 Å². The molecule has 1 aliphatic rings. The van der Waals surface area contributed by atoms with Gasteiger partial charge in [-0.3, -0.25) is 4.79 Å². The number of ketones is 1. The van der Waals surface area contributed by atoms with Gasteiger partial charge in [0.25, 0.3) is 0 Å². The molecule has 0 aromatic rings. The predicted molar refractivity (Wildman–Crippen MR) is 57.3 cm³/mol. The van der Waals surface area contributed by atoms with E-state index in [-0.39, 0.29) is 6.10 Å². The van der Waals surface area contributed by atoms with Crippen molar-refractivity contribution in [1.29, 1.82) is 0 Å². The van der Waals surface area contributed by atoms with Crippen LogP contribution >= 0.6 is 0 Å². The molecule has 1 rings (SSSR count). The van der Waals surface area contributed by atoms with Crippen LogP contribution in [0.25, 0.3) is 0 Å². The number of Topliss-reactive ketones (excluding diaryl/α,β-unsaturated/α-hetero) is 1. The normalized spacial score (nSPS) is 18.8. The molecule has 14 heavy (non-hydrogen) atoms. The number of hydrogen-bond acceptors (Lipinski definition) is 2. The van der Waals surface area contributed by atoms with Gasteiger partial charge in [0.1, 0.15) is 5.78 Å². The molecule has 1 aliphatic carbocycles. The summed E-state index contributed by atoms with van der Waals surface area (Å²) in [6.07, 6.45) is 6.87. The van der Waals surface area contributed by atoms with Gasteiger partial charge in [0, 0.05) is 12.3 Å². The lowest BCUT2D eigenvalue weighted by Crippen LogP contribution is -2.19. The van der Waals surface area contributed by atoms with Crippen molar-refractivity contribution in [3.63, 3.8) is 0 Å². The molecule has 0 spiro atoms. The molecule has 1 fully saturated rings. The van der Waals surface area contributed by atoms with Crippen LogP contribution in [0.2, 0.25) is 0 Å². The van der Waals surface area contributed by atoms with Gasteiger partial charge >= 0.3 is 0 Å². The molecule has 82 valence electrons. The minimum Gasteiger partial charge on any atom is -0.378 e. The number of carbonyl (C=O) groups excluding carboxylic acids is 1. The molecule has 1 saturated carbocycles. The zero-order chi connectivity index (χ0) is 10.4. The maximum absolute atomic E-state index is 11.7. The Morgan fingerprint density at radius 2 is 1.93 bits per heavy atom. The van der Waals surface area contributed by atoms with Crippen LogP contribution in [0.1, 0.15) is 52.4 Å². The number of ether oxygens (including phenoxy) is 1. The molecule has 0 aromatic carbocycles. The van der Waals surface area contributed by atoms with Gasteiger partial charge in [0.05, 0.1) is 12.7 Å². The zero-order valence-electron chi connectivity index (χ0n) is 9.42. The third-order valence-corrected chi connectivity index (χ3v) is 2.86. The van der Waals surface area contributed by atoms with Crippen LogP contribution in [0, 0.1) is 5.92 Å². The lowest BCUT2D eigenvalue weighted by atomic mass is 9.85. The van der Waals surface area contributed by atoms with E-state index in [0.29, 0.717) is 24.7 Å². The van der Waals surface area contributed by atoms with Gasteiger partial charge in [0.15, 0.2) is 0 Å². The van der Waals surface area contributed by atoms with Crippen molar-refractivity contribution in [3.05, 3.63) is 0 Å². The summed E-state index contributed by atoms with van der Waals surface area (Å²) in [7, 11) is 0. The molecule has 0 N–H and O–H groups in total. The maximum Gasteiger partial charge on any atom is 0.138 e. The number of carbonyl (C=O) groups is 1. The van der Waals surface area contributed by atoms with Crippen LogP contribution in [0.4, 0.5) is 0 Å². The van der Waals surface area contributed by atoms with E-state index in [1.807, 2.05) is 13.8 Å². The zero-order valence-corrected chi connectivity index (χ0v) is 9.42. The van der Waals surface area contributed by atoms with Crippen LogP contribution in [-0.2, 0) is 9.53 Å². The third kappa shape index (κ3) is 4.23. The fourth-order valence-corrected chi connectivity index (χ4v) is 2.02. The number of hydrogen-bond donors (Lipinski definition) is 0. The van der Waals surface area contributed by atoms with E-state index in [0.717, 1.165) is 12.8 Å². The second kappa shape index (κ2) is 6.18. The molecule has 2 nitrogen and oxygen atoms in total. The molecular weight excluding hydrogens is 176 g/mol. The second-order valence-electron chi connectivity index (χ2n) is 4.47. The Kier molecular flexibility index (Phi) is 5.16. The molecule has 0 amide bonds. The minimum atomic E-state index is 0.245. The molecule has 2 heteroatoms. The fourth-order valence-electron chi connectivity index (χ4n) is 2.02. The van der Waals surface area contributed by atoms with E-state index >= 15 is 0 Å². The molecule has 0 heterocycles. The Labute approximate surface area is 87.0 Å². The van der Waals surface area contributed by atoms with Gasteiger partial charge in [-0.2, -0.15) is 0 Å². The first-order valence-corrected chi connectivity index (χ1v) is 5.84. The van der Waals surface area contributed by atoms with E-state index in [9.17, 15) is 4.79 Å². The SMILES string of the molecule is CC(C)OCCC(=O)C1CCCCC1. The molecule has 0 saturated heterocycles. The molecule has 0 bridgehead atoms.